The van der Waals surface area contributed by atoms with Crippen LogP contribution in [-0.2, 0) is 9.53 Å². The van der Waals surface area contributed by atoms with E-state index in [2.05, 4.69) is 10.4 Å². The molecule has 0 bridgehead atoms. The second-order valence-electron chi connectivity index (χ2n) is 8.07. The van der Waals surface area contributed by atoms with Crippen molar-refractivity contribution in [2.45, 2.75) is 26.8 Å². The fourth-order valence-electron chi connectivity index (χ4n) is 3.62. The van der Waals surface area contributed by atoms with Crippen LogP contribution in [0.25, 0.3) is 22.3 Å². The number of esters is 1. The third-order valence-corrected chi connectivity index (χ3v) is 5.26. The number of fused-ring (bicyclic) bond motifs is 1. The van der Waals surface area contributed by atoms with Gasteiger partial charge in [-0.05, 0) is 39.0 Å². The number of aromatic nitrogens is 3. The van der Waals surface area contributed by atoms with Gasteiger partial charge in [-0.1, -0.05) is 42.5 Å². The minimum atomic E-state index is -0.664. The average Bonchev–Trinajstić information content (AvgIpc) is 3.27. The monoisotopic (exact) mass is 456 g/mol. The van der Waals surface area contributed by atoms with Gasteiger partial charge < -0.3 is 10.1 Å². The second kappa shape index (κ2) is 9.66. The minimum Gasteiger partial charge on any atom is -0.452 e. The molecule has 0 aliphatic carbocycles. The van der Waals surface area contributed by atoms with Gasteiger partial charge >= 0.3 is 5.97 Å². The molecule has 1 N–H and O–H groups in total. The van der Waals surface area contributed by atoms with Crippen molar-refractivity contribution in [1.82, 2.24) is 14.8 Å². The first-order chi connectivity index (χ1) is 16.3. The van der Waals surface area contributed by atoms with Crippen LogP contribution in [-0.4, -0.2) is 39.0 Å². The molecule has 0 atom stereocenters. The number of hydrogen-bond donors (Lipinski definition) is 1. The van der Waals surface area contributed by atoms with Crippen LogP contribution in [0.3, 0.4) is 0 Å². The lowest BCUT2D eigenvalue weighted by atomic mass is 10.1. The summed E-state index contributed by atoms with van der Waals surface area (Å²) in [5.41, 5.74) is 3.02. The molecular weight excluding hydrogens is 432 g/mol. The number of carbonyl (C=O) groups excluding carboxylic acids is 3. The Labute approximate surface area is 196 Å². The fourth-order valence-corrected chi connectivity index (χ4v) is 3.62. The van der Waals surface area contributed by atoms with Crippen molar-refractivity contribution in [2.75, 3.05) is 11.9 Å². The summed E-state index contributed by atoms with van der Waals surface area (Å²) in [5, 5.41) is 7.55. The van der Waals surface area contributed by atoms with Crippen LogP contribution in [0.4, 0.5) is 5.69 Å². The summed E-state index contributed by atoms with van der Waals surface area (Å²) in [5.74, 6) is -1.39. The third-order valence-electron chi connectivity index (χ3n) is 5.26. The van der Waals surface area contributed by atoms with Gasteiger partial charge in [0.05, 0.1) is 28.5 Å². The van der Waals surface area contributed by atoms with Crippen molar-refractivity contribution in [3.05, 3.63) is 78.0 Å². The lowest BCUT2D eigenvalue weighted by Crippen LogP contribution is -2.22. The van der Waals surface area contributed by atoms with E-state index in [9.17, 15) is 14.4 Å². The zero-order valence-corrected chi connectivity index (χ0v) is 19.1. The van der Waals surface area contributed by atoms with E-state index in [1.165, 1.54) is 6.92 Å². The number of amides is 1. The van der Waals surface area contributed by atoms with E-state index in [4.69, 9.17) is 9.72 Å². The van der Waals surface area contributed by atoms with Gasteiger partial charge in [0, 0.05) is 17.2 Å². The normalized spacial score (nSPS) is 10.9. The zero-order valence-electron chi connectivity index (χ0n) is 19.1. The molecule has 0 radical (unpaired) electrons. The SMILES string of the molecule is CC(=O)c1ccccc1NC(=O)COC(=O)c1cc(-c2ccccc2)nc2c1cnn2C(C)C. The Bertz CT molecular complexity index is 1380. The number of para-hydroxylation sites is 1. The molecule has 8 heteroatoms. The number of ether oxygens (including phenoxy) is 1. The molecular formula is C26H24N4O4. The Balaban J connectivity index is 1.60. The lowest BCUT2D eigenvalue weighted by Gasteiger charge is -2.11. The van der Waals surface area contributed by atoms with Crippen LogP contribution < -0.4 is 5.32 Å². The standard InChI is InChI=1S/C26H24N4O4/c1-16(2)30-25-21(14-27-30)20(13-23(29-25)18-9-5-4-6-10-18)26(33)34-15-24(32)28-22-12-8-7-11-19(22)17(3)31/h4-14,16H,15H2,1-3H3,(H,28,32). The van der Waals surface area contributed by atoms with E-state index >= 15 is 0 Å². The molecule has 0 aliphatic heterocycles. The topological polar surface area (TPSA) is 103 Å². The Morgan fingerprint density at radius 3 is 2.41 bits per heavy atom. The first kappa shape index (κ1) is 22.8. The number of carbonyl (C=O) groups is 3. The summed E-state index contributed by atoms with van der Waals surface area (Å²) >= 11 is 0. The van der Waals surface area contributed by atoms with Gasteiger partial charge in [0.2, 0.25) is 0 Å². The molecule has 0 aliphatic rings. The van der Waals surface area contributed by atoms with Gasteiger partial charge in [0.25, 0.3) is 5.91 Å². The Kier molecular flexibility index (Phi) is 6.49. The van der Waals surface area contributed by atoms with Crippen LogP contribution in [0, 0.1) is 0 Å². The maximum atomic E-state index is 13.0. The van der Waals surface area contributed by atoms with E-state index < -0.39 is 18.5 Å². The van der Waals surface area contributed by atoms with E-state index in [-0.39, 0.29) is 17.4 Å². The molecule has 2 heterocycles. The Morgan fingerprint density at radius 1 is 1.00 bits per heavy atom. The number of rotatable bonds is 7. The smallest absolute Gasteiger partial charge is 0.339 e. The van der Waals surface area contributed by atoms with Gasteiger partial charge in [-0.2, -0.15) is 5.10 Å². The van der Waals surface area contributed by atoms with Crippen molar-refractivity contribution in [2.24, 2.45) is 0 Å². The molecule has 34 heavy (non-hydrogen) atoms. The number of hydrogen-bond acceptors (Lipinski definition) is 6. The molecule has 2 aromatic carbocycles. The summed E-state index contributed by atoms with van der Waals surface area (Å²) in [6.07, 6.45) is 1.58. The van der Waals surface area contributed by atoms with Gasteiger partial charge in [0.1, 0.15) is 0 Å². The number of benzene rings is 2. The highest BCUT2D eigenvalue weighted by molar-refractivity contribution is 6.06. The molecule has 0 fully saturated rings. The third kappa shape index (κ3) is 4.71. The van der Waals surface area contributed by atoms with Crippen molar-refractivity contribution in [1.29, 1.82) is 0 Å². The van der Waals surface area contributed by atoms with Gasteiger partial charge in [-0.15, -0.1) is 0 Å². The predicted octanol–water partition coefficient (Wildman–Crippen LogP) is 4.68. The number of ketones is 1. The van der Waals surface area contributed by atoms with Crippen LogP contribution >= 0.6 is 0 Å². The summed E-state index contributed by atoms with van der Waals surface area (Å²) in [6.45, 7) is 4.87. The quantitative estimate of drug-likeness (QED) is 0.320. The second-order valence-corrected chi connectivity index (χ2v) is 8.07. The van der Waals surface area contributed by atoms with Crippen molar-refractivity contribution in [3.8, 4) is 11.3 Å². The number of anilines is 1. The van der Waals surface area contributed by atoms with E-state index in [1.54, 1.807) is 41.2 Å². The largest absolute Gasteiger partial charge is 0.452 e. The van der Waals surface area contributed by atoms with Gasteiger partial charge in [-0.3, -0.25) is 9.59 Å². The summed E-state index contributed by atoms with van der Waals surface area (Å²) in [7, 11) is 0. The molecule has 8 nitrogen and oxygen atoms in total. The molecule has 4 aromatic rings. The first-order valence-electron chi connectivity index (χ1n) is 10.9. The van der Waals surface area contributed by atoms with Crippen LogP contribution in [0.1, 0.15) is 47.5 Å². The maximum Gasteiger partial charge on any atom is 0.339 e. The molecule has 0 unspecified atom stereocenters. The zero-order chi connectivity index (χ0) is 24.2. The van der Waals surface area contributed by atoms with E-state index in [0.717, 1.165) is 5.56 Å². The van der Waals surface area contributed by atoms with Crippen molar-refractivity contribution >= 4 is 34.4 Å². The number of nitrogens with zero attached hydrogens (tertiary/aromatic N) is 3. The molecule has 0 saturated carbocycles. The molecule has 2 aromatic heterocycles. The fraction of sp³-hybridized carbons (Fsp3) is 0.192. The highest BCUT2D eigenvalue weighted by atomic mass is 16.5. The van der Waals surface area contributed by atoms with Crippen LogP contribution in [0.2, 0.25) is 0 Å². The van der Waals surface area contributed by atoms with Gasteiger partial charge in [-0.25, -0.2) is 14.5 Å². The molecule has 4 rings (SSSR count). The summed E-state index contributed by atoms with van der Waals surface area (Å²) in [4.78, 5) is 42.0. The summed E-state index contributed by atoms with van der Waals surface area (Å²) < 4.78 is 7.07. The summed E-state index contributed by atoms with van der Waals surface area (Å²) in [6, 6.07) is 17.8. The molecule has 0 saturated heterocycles. The molecule has 0 spiro atoms. The molecule has 1 amide bonds. The van der Waals surface area contributed by atoms with Crippen LogP contribution in [0.15, 0.2) is 66.9 Å². The Morgan fingerprint density at radius 2 is 1.71 bits per heavy atom. The van der Waals surface area contributed by atoms with E-state index in [1.807, 2.05) is 44.2 Å². The molecule has 172 valence electrons. The lowest BCUT2D eigenvalue weighted by molar-refractivity contribution is -0.119. The number of nitrogens with one attached hydrogen (secondary N) is 1. The number of Topliss-reactive ketones (excluding diaryl/α,β-unsaturated/α-hetero) is 1. The number of pyridine rings is 1. The van der Waals surface area contributed by atoms with Crippen molar-refractivity contribution < 1.29 is 19.1 Å². The highest BCUT2D eigenvalue weighted by Gasteiger charge is 2.20. The minimum absolute atomic E-state index is 0.0343. The Hall–Kier alpha value is -4.33. The maximum absolute atomic E-state index is 13.0. The van der Waals surface area contributed by atoms with E-state index in [0.29, 0.717) is 28.0 Å². The van der Waals surface area contributed by atoms with Crippen LogP contribution in [0.5, 0.6) is 0 Å². The average molecular weight is 457 g/mol. The van der Waals surface area contributed by atoms with Gasteiger partial charge in [0.15, 0.2) is 18.0 Å². The van der Waals surface area contributed by atoms with Crippen molar-refractivity contribution in [3.63, 3.8) is 0 Å². The highest BCUT2D eigenvalue weighted by Crippen LogP contribution is 2.27. The first-order valence-corrected chi connectivity index (χ1v) is 10.9. The predicted molar refractivity (Wildman–Crippen MR) is 129 cm³/mol.